The fraction of sp³-hybridized carbons (Fsp3) is 0.222. The maximum atomic E-state index is 12.8. The van der Waals surface area contributed by atoms with Crippen LogP contribution in [0.4, 0.5) is 10.1 Å². The van der Waals surface area contributed by atoms with Crippen molar-refractivity contribution in [1.82, 2.24) is 0 Å². The minimum atomic E-state index is -0.396. The third-order valence-corrected chi connectivity index (χ3v) is 3.21. The quantitative estimate of drug-likeness (QED) is 0.790. The van der Waals surface area contributed by atoms with E-state index < -0.39 is 5.82 Å². The van der Waals surface area contributed by atoms with Crippen LogP contribution in [0.3, 0.4) is 0 Å². The number of halogens is 1. The number of carbonyl (C=O) groups excluding carboxylic acids is 2. The van der Waals surface area contributed by atoms with Crippen molar-refractivity contribution < 1.29 is 18.7 Å². The number of anilines is 1. The molecule has 120 valence electrons. The van der Waals surface area contributed by atoms with Crippen LogP contribution in [0.25, 0.3) is 0 Å². The first-order valence-electron chi connectivity index (χ1n) is 7.40. The lowest BCUT2D eigenvalue weighted by Gasteiger charge is -2.11. The molecule has 0 spiro atoms. The van der Waals surface area contributed by atoms with E-state index in [1.807, 2.05) is 13.0 Å². The van der Waals surface area contributed by atoms with Crippen molar-refractivity contribution in [3.63, 3.8) is 0 Å². The maximum Gasteiger partial charge on any atom is 0.224 e. The summed E-state index contributed by atoms with van der Waals surface area (Å²) in [6.45, 7) is 2.36. The Morgan fingerprint density at radius 2 is 1.74 bits per heavy atom. The summed E-state index contributed by atoms with van der Waals surface area (Å²) in [4.78, 5) is 23.9. The van der Waals surface area contributed by atoms with Crippen LogP contribution in [0.5, 0.6) is 5.75 Å². The number of rotatable bonds is 7. The van der Waals surface area contributed by atoms with Crippen LogP contribution in [-0.4, -0.2) is 18.3 Å². The number of Topliss-reactive ketones (excluding diaryl/α,β-unsaturated/α-hetero) is 1. The molecular weight excluding hydrogens is 297 g/mol. The van der Waals surface area contributed by atoms with Crippen molar-refractivity contribution in [2.24, 2.45) is 0 Å². The summed E-state index contributed by atoms with van der Waals surface area (Å²) in [5.74, 6) is -0.272. The molecule has 2 rings (SSSR count). The topological polar surface area (TPSA) is 55.4 Å². The van der Waals surface area contributed by atoms with E-state index in [0.717, 1.165) is 0 Å². The molecule has 0 fully saturated rings. The summed E-state index contributed by atoms with van der Waals surface area (Å²) in [7, 11) is 0. The molecule has 1 N–H and O–H groups in total. The molecular formula is C18H18FNO3. The molecule has 0 atom stereocenters. The number of hydrogen-bond acceptors (Lipinski definition) is 3. The number of ether oxygens (including phenoxy) is 1. The molecule has 0 aliphatic carbocycles. The Hall–Kier alpha value is -2.69. The van der Waals surface area contributed by atoms with E-state index >= 15 is 0 Å². The minimum absolute atomic E-state index is 0.0523. The van der Waals surface area contributed by atoms with Crippen molar-refractivity contribution in [3.05, 3.63) is 59.9 Å². The van der Waals surface area contributed by atoms with Crippen molar-refractivity contribution in [1.29, 1.82) is 0 Å². The molecule has 23 heavy (non-hydrogen) atoms. The van der Waals surface area contributed by atoms with Crippen LogP contribution in [0.1, 0.15) is 30.1 Å². The predicted molar refractivity (Wildman–Crippen MR) is 86.2 cm³/mol. The molecule has 1 amide bonds. The van der Waals surface area contributed by atoms with Gasteiger partial charge in [0.15, 0.2) is 5.78 Å². The Kier molecular flexibility index (Phi) is 5.86. The van der Waals surface area contributed by atoms with E-state index in [4.69, 9.17) is 4.74 Å². The molecule has 0 aromatic heterocycles. The molecule has 0 heterocycles. The molecule has 2 aromatic rings. The molecule has 2 aromatic carbocycles. The van der Waals surface area contributed by atoms with Gasteiger partial charge in [-0.1, -0.05) is 12.1 Å². The smallest absolute Gasteiger partial charge is 0.224 e. The van der Waals surface area contributed by atoms with E-state index in [0.29, 0.717) is 23.6 Å². The fourth-order valence-corrected chi connectivity index (χ4v) is 2.07. The molecule has 4 nitrogen and oxygen atoms in total. The van der Waals surface area contributed by atoms with Gasteiger partial charge >= 0.3 is 0 Å². The molecule has 0 bridgehead atoms. The lowest BCUT2D eigenvalue weighted by atomic mass is 10.1. The zero-order valence-corrected chi connectivity index (χ0v) is 12.8. The Bertz CT molecular complexity index is 683. The normalized spacial score (nSPS) is 10.2. The van der Waals surface area contributed by atoms with E-state index in [1.165, 1.54) is 24.3 Å². The van der Waals surface area contributed by atoms with E-state index in [2.05, 4.69) is 5.32 Å². The lowest BCUT2D eigenvalue weighted by molar-refractivity contribution is -0.116. The largest absolute Gasteiger partial charge is 0.492 e. The summed E-state index contributed by atoms with van der Waals surface area (Å²) in [5.41, 5.74) is 0.975. The highest BCUT2D eigenvalue weighted by atomic mass is 19.1. The highest BCUT2D eigenvalue weighted by Gasteiger charge is 2.11. The van der Waals surface area contributed by atoms with E-state index in [1.54, 1.807) is 18.2 Å². The Morgan fingerprint density at radius 1 is 1.04 bits per heavy atom. The standard InChI is InChI=1S/C18H18FNO3/c1-2-23-17-6-4-3-5-15(17)20-18(22)12-11-16(21)13-7-9-14(19)10-8-13/h3-10H,2,11-12H2,1H3,(H,20,22). The highest BCUT2D eigenvalue weighted by molar-refractivity contribution is 6.00. The molecule has 5 heteroatoms. The molecule has 0 saturated carbocycles. The van der Waals surface area contributed by atoms with Gasteiger partial charge in [0.1, 0.15) is 11.6 Å². The van der Waals surface area contributed by atoms with Gasteiger partial charge in [0.25, 0.3) is 0 Å². The maximum absolute atomic E-state index is 12.8. The van der Waals surface area contributed by atoms with Crippen LogP contribution in [0, 0.1) is 5.82 Å². The third-order valence-electron chi connectivity index (χ3n) is 3.21. The highest BCUT2D eigenvalue weighted by Crippen LogP contribution is 2.23. The van der Waals surface area contributed by atoms with E-state index in [9.17, 15) is 14.0 Å². The van der Waals surface area contributed by atoms with Crippen LogP contribution >= 0.6 is 0 Å². The average molecular weight is 315 g/mol. The van der Waals surface area contributed by atoms with Gasteiger partial charge in [-0.25, -0.2) is 4.39 Å². The summed E-state index contributed by atoms with van der Waals surface area (Å²) >= 11 is 0. The molecule has 0 saturated heterocycles. The van der Waals surface area contributed by atoms with Crippen molar-refractivity contribution >= 4 is 17.4 Å². The number of amides is 1. The van der Waals surface area contributed by atoms with Crippen molar-refractivity contribution in [2.45, 2.75) is 19.8 Å². The van der Waals surface area contributed by atoms with E-state index in [-0.39, 0.29) is 24.5 Å². The number of carbonyl (C=O) groups is 2. The van der Waals surface area contributed by atoms with Gasteiger partial charge in [0, 0.05) is 18.4 Å². The first-order valence-corrected chi connectivity index (χ1v) is 7.40. The summed E-state index contributed by atoms with van der Waals surface area (Å²) in [5, 5.41) is 2.74. The summed E-state index contributed by atoms with van der Waals surface area (Å²) < 4.78 is 18.2. The monoisotopic (exact) mass is 315 g/mol. The summed E-state index contributed by atoms with van der Waals surface area (Å²) in [6, 6.07) is 12.4. The van der Waals surface area contributed by atoms with Gasteiger partial charge in [-0.3, -0.25) is 9.59 Å². The SMILES string of the molecule is CCOc1ccccc1NC(=O)CCC(=O)c1ccc(F)cc1. The van der Waals surface area contributed by atoms with Crippen LogP contribution in [-0.2, 0) is 4.79 Å². The molecule has 0 unspecified atom stereocenters. The molecule has 0 radical (unpaired) electrons. The number of nitrogens with one attached hydrogen (secondary N) is 1. The Labute approximate surface area is 134 Å². The first kappa shape index (κ1) is 16.7. The average Bonchev–Trinajstić information content (AvgIpc) is 2.55. The van der Waals surface area contributed by atoms with Crippen molar-refractivity contribution in [2.75, 3.05) is 11.9 Å². The van der Waals surface area contributed by atoms with Gasteiger partial charge in [-0.15, -0.1) is 0 Å². The predicted octanol–water partition coefficient (Wildman–Crippen LogP) is 3.83. The number of hydrogen-bond donors (Lipinski definition) is 1. The molecule has 0 aliphatic rings. The van der Waals surface area contributed by atoms with Crippen molar-refractivity contribution in [3.8, 4) is 5.75 Å². The van der Waals surface area contributed by atoms with Gasteiger partial charge in [0.05, 0.1) is 12.3 Å². The zero-order chi connectivity index (χ0) is 16.7. The zero-order valence-electron chi connectivity index (χ0n) is 12.8. The second kappa shape index (κ2) is 8.08. The lowest BCUT2D eigenvalue weighted by Crippen LogP contribution is -2.14. The van der Waals surface area contributed by atoms with Crippen LogP contribution in [0.2, 0.25) is 0 Å². The van der Waals surface area contributed by atoms with Gasteiger partial charge < -0.3 is 10.1 Å². The van der Waals surface area contributed by atoms with Crippen LogP contribution < -0.4 is 10.1 Å². The van der Waals surface area contributed by atoms with Crippen LogP contribution in [0.15, 0.2) is 48.5 Å². The van der Waals surface area contributed by atoms with Gasteiger partial charge in [-0.05, 0) is 43.3 Å². The third kappa shape index (κ3) is 4.92. The van der Waals surface area contributed by atoms with Gasteiger partial charge in [0.2, 0.25) is 5.91 Å². The summed E-state index contributed by atoms with van der Waals surface area (Å²) in [6.07, 6.45) is 0.116. The van der Waals surface area contributed by atoms with Gasteiger partial charge in [-0.2, -0.15) is 0 Å². The Balaban J connectivity index is 1.90. The second-order valence-electron chi connectivity index (χ2n) is 4.91. The minimum Gasteiger partial charge on any atom is -0.492 e. The Morgan fingerprint density at radius 3 is 2.43 bits per heavy atom. The second-order valence-corrected chi connectivity index (χ2v) is 4.91. The number of ketones is 1. The number of para-hydroxylation sites is 2. The number of benzene rings is 2. The fourth-order valence-electron chi connectivity index (χ4n) is 2.07. The first-order chi connectivity index (χ1) is 11.1. The molecule has 0 aliphatic heterocycles.